The van der Waals surface area contributed by atoms with Crippen molar-refractivity contribution in [1.29, 1.82) is 0 Å². The lowest BCUT2D eigenvalue weighted by Gasteiger charge is -2.22. The van der Waals surface area contributed by atoms with Gasteiger partial charge in [0.15, 0.2) is 0 Å². The normalized spacial score (nSPS) is 12.7. The minimum atomic E-state index is -0.661. The summed E-state index contributed by atoms with van der Waals surface area (Å²) < 4.78 is 5.50. The first kappa shape index (κ1) is 75.1. The van der Waals surface area contributed by atoms with E-state index in [-0.39, 0.29) is 18.5 Å². The van der Waals surface area contributed by atoms with E-state index < -0.39 is 12.1 Å². The van der Waals surface area contributed by atoms with Crippen molar-refractivity contribution in [2.45, 2.75) is 392 Å². The molecule has 3 N–H and O–H groups in total. The number of amides is 1. The van der Waals surface area contributed by atoms with Gasteiger partial charge in [0.2, 0.25) is 5.91 Å². The molecular formula is C71H135NO5. The topological polar surface area (TPSA) is 95.9 Å². The molecule has 0 aromatic rings. The number of allylic oxidation sites excluding steroid dienone is 6. The first-order chi connectivity index (χ1) is 38.0. The Hall–Kier alpha value is -1.92. The lowest BCUT2D eigenvalue weighted by atomic mass is 10.0. The van der Waals surface area contributed by atoms with E-state index in [0.29, 0.717) is 25.9 Å². The van der Waals surface area contributed by atoms with Crippen molar-refractivity contribution in [3.05, 3.63) is 36.5 Å². The molecule has 0 bridgehead atoms. The van der Waals surface area contributed by atoms with Crippen LogP contribution in [0.3, 0.4) is 0 Å². The first-order valence-corrected chi connectivity index (χ1v) is 34.7. The van der Waals surface area contributed by atoms with Crippen molar-refractivity contribution in [2.75, 3.05) is 13.2 Å². The Morgan fingerprint density at radius 3 is 1.03 bits per heavy atom. The molecule has 0 aliphatic rings. The van der Waals surface area contributed by atoms with Gasteiger partial charge in [0, 0.05) is 12.8 Å². The van der Waals surface area contributed by atoms with Crippen molar-refractivity contribution in [2.24, 2.45) is 0 Å². The van der Waals surface area contributed by atoms with Crippen molar-refractivity contribution in [1.82, 2.24) is 5.32 Å². The van der Waals surface area contributed by atoms with E-state index in [1.165, 1.54) is 295 Å². The van der Waals surface area contributed by atoms with Crippen LogP contribution in [0.4, 0.5) is 0 Å². The SMILES string of the molecule is CCCCC/C=C\C/C=C\CCCCCCCCCC(=O)OCCCCCCCCCCCCCC/C=C\CCCCCCCCCCCCCCCCCCC(=O)NC(CO)C(O)CCCCCCCCCCCCC. The van der Waals surface area contributed by atoms with Gasteiger partial charge in [0.25, 0.3) is 0 Å². The van der Waals surface area contributed by atoms with E-state index >= 15 is 0 Å². The molecule has 2 unspecified atom stereocenters. The third kappa shape index (κ3) is 63.1. The van der Waals surface area contributed by atoms with Gasteiger partial charge in [-0.1, -0.05) is 320 Å². The van der Waals surface area contributed by atoms with Crippen LogP contribution in [0, 0.1) is 0 Å². The lowest BCUT2D eigenvalue weighted by molar-refractivity contribution is -0.143. The quantitative estimate of drug-likeness (QED) is 0.0320. The molecule has 0 radical (unpaired) electrons. The van der Waals surface area contributed by atoms with Crippen LogP contribution in [0.2, 0.25) is 0 Å². The number of aliphatic hydroxyl groups excluding tert-OH is 2. The minimum Gasteiger partial charge on any atom is -0.466 e. The number of unbranched alkanes of at least 4 members (excludes halogenated alkanes) is 48. The van der Waals surface area contributed by atoms with Crippen LogP contribution in [0.5, 0.6) is 0 Å². The van der Waals surface area contributed by atoms with Crippen LogP contribution in [0.15, 0.2) is 36.5 Å². The summed E-state index contributed by atoms with van der Waals surface area (Å²) in [4.78, 5) is 24.5. The number of carbonyl (C=O) groups excluding carboxylic acids is 2. The van der Waals surface area contributed by atoms with E-state index in [1.54, 1.807) is 0 Å². The van der Waals surface area contributed by atoms with Gasteiger partial charge in [-0.2, -0.15) is 0 Å². The van der Waals surface area contributed by atoms with E-state index in [4.69, 9.17) is 4.74 Å². The van der Waals surface area contributed by atoms with Gasteiger partial charge in [-0.15, -0.1) is 0 Å². The minimum absolute atomic E-state index is 0.0106. The highest BCUT2D eigenvalue weighted by Gasteiger charge is 2.20. The van der Waals surface area contributed by atoms with Crippen molar-refractivity contribution >= 4 is 11.9 Å². The van der Waals surface area contributed by atoms with Crippen LogP contribution >= 0.6 is 0 Å². The molecule has 6 nitrogen and oxygen atoms in total. The Labute approximate surface area is 481 Å². The van der Waals surface area contributed by atoms with E-state index in [0.717, 1.165) is 51.4 Å². The average molecular weight is 1080 g/mol. The molecule has 0 fully saturated rings. The molecule has 0 spiro atoms. The number of aliphatic hydroxyl groups is 2. The highest BCUT2D eigenvalue weighted by atomic mass is 16.5. The fraction of sp³-hybridized carbons (Fsp3) is 0.887. The standard InChI is InChI=1S/C71H135NO5/c1-3-5-7-9-11-13-15-16-17-34-38-41-45-49-53-57-61-65-71(76)77-66-62-58-54-50-46-42-39-36-33-31-29-27-25-23-21-19-18-20-22-24-26-28-30-32-35-37-40-44-48-52-56-60-64-70(75)72-68(67-73)69(74)63-59-55-51-47-43-14-12-10-8-6-4-2/h11,13,16-17,21,23,68-69,73-74H,3-10,12,14-15,18-20,22,24-67H2,1-2H3,(H,72,75)/b13-11-,17-16-,23-21-. The largest absolute Gasteiger partial charge is 0.466 e. The molecule has 0 saturated heterocycles. The molecule has 0 rings (SSSR count). The third-order valence-corrected chi connectivity index (χ3v) is 16.2. The molecular weight excluding hydrogens is 947 g/mol. The second-order valence-electron chi connectivity index (χ2n) is 23.9. The van der Waals surface area contributed by atoms with Crippen LogP contribution in [0.1, 0.15) is 380 Å². The maximum absolute atomic E-state index is 12.5. The predicted molar refractivity (Wildman–Crippen MR) is 338 cm³/mol. The Bertz CT molecular complexity index is 1250. The summed E-state index contributed by atoms with van der Waals surface area (Å²) in [6, 6.07) is -0.538. The van der Waals surface area contributed by atoms with Crippen molar-refractivity contribution in [3.8, 4) is 0 Å². The summed E-state index contributed by atoms with van der Waals surface area (Å²) in [7, 11) is 0. The van der Waals surface area contributed by atoms with Crippen molar-refractivity contribution < 1.29 is 24.5 Å². The monoisotopic (exact) mass is 1080 g/mol. The Morgan fingerprint density at radius 2 is 0.649 bits per heavy atom. The summed E-state index contributed by atoms with van der Waals surface area (Å²) >= 11 is 0. The number of hydrogen-bond acceptors (Lipinski definition) is 5. The number of rotatable bonds is 65. The summed E-state index contributed by atoms with van der Waals surface area (Å²) in [5.74, 6) is -0.0213. The Kier molecular flexibility index (Phi) is 64.9. The van der Waals surface area contributed by atoms with Gasteiger partial charge in [-0.05, 0) is 83.5 Å². The van der Waals surface area contributed by atoms with Gasteiger partial charge in [-0.25, -0.2) is 0 Å². The first-order valence-electron chi connectivity index (χ1n) is 34.7. The second-order valence-corrected chi connectivity index (χ2v) is 23.9. The summed E-state index contributed by atoms with van der Waals surface area (Å²) in [6.45, 7) is 4.94. The number of esters is 1. The van der Waals surface area contributed by atoms with Gasteiger partial charge in [0.1, 0.15) is 0 Å². The van der Waals surface area contributed by atoms with Gasteiger partial charge in [0.05, 0.1) is 25.4 Å². The molecule has 0 aliphatic heterocycles. The highest BCUT2D eigenvalue weighted by molar-refractivity contribution is 5.76. The number of ether oxygens (including phenoxy) is 1. The zero-order valence-corrected chi connectivity index (χ0v) is 52.0. The van der Waals surface area contributed by atoms with Crippen LogP contribution in [0.25, 0.3) is 0 Å². The van der Waals surface area contributed by atoms with Crippen molar-refractivity contribution in [3.63, 3.8) is 0 Å². The maximum atomic E-state index is 12.5. The zero-order valence-electron chi connectivity index (χ0n) is 52.0. The lowest BCUT2D eigenvalue weighted by Crippen LogP contribution is -2.45. The number of hydrogen-bond donors (Lipinski definition) is 3. The molecule has 454 valence electrons. The maximum Gasteiger partial charge on any atom is 0.305 e. The average Bonchev–Trinajstić information content (AvgIpc) is 3.43. The van der Waals surface area contributed by atoms with Gasteiger partial charge < -0.3 is 20.3 Å². The molecule has 77 heavy (non-hydrogen) atoms. The summed E-state index contributed by atoms with van der Waals surface area (Å²) in [5.41, 5.74) is 0. The molecule has 1 amide bonds. The van der Waals surface area contributed by atoms with Gasteiger partial charge >= 0.3 is 5.97 Å². The second kappa shape index (κ2) is 66.6. The Balaban J connectivity index is 3.33. The fourth-order valence-electron chi connectivity index (χ4n) is 10.8. The molecule has 0 aromatic heterocycles. The van der Waals surface area contributed by atoms with Crippen LogP contribution in [-0.4, -0.2) is 47.4 Å². The van der Waals surface area contributed by atoms with Gasteiger partial charge in [-0.3, -0.25) is 9.59 Å². The Morgan fingerprint density at radius 1 is 0.364 bits per heavy atom. The molecule has 0 aromatic carbocycles. The summed E-state index contributed by atoms with van der Waals surface area (Å²) in [5, 5.41) is 23.2. The molecule has 0 aliphatic carbocycles. The molecule has 0 heterocycles. The molecule has 2 atom stereocenters. The highest BCUT2D eigenvalue weighted by Crippen LogP contribution is 2.18. The molecule has 0 saturated carbocycles. The molecule has 6 heteroatoms. The third-order valence-electron chi connectivity index (χ3n) is 16.2. The predicted octanol–water partition coefficient (Wildman–Crippen LogP) is 22.3. The number of carbonyl (C=O) groups is 2. The van der Waals surface area contributed by atoms with E-state index in [9.17, 15) is 19.8 Å². The zero-order chi connectivity index (χ0) is 55.7. The smallest absolute Gasteiger partial charge is 0.305 e. The van der Waals surface area contributed by atoms with Crippen LogP contribution < -0.4 is 5.32 Å². The summed E-state index contributed by atoms with van der Waals surface area (Å²) in [6.07, 6.45) is 84.9. The fourth-order valence-corrected chi connectivity index (χ4v) is 10.8. The van der Waals surface area contributed by atoms with Crippen LogP contribution in [-0.2, 0) is 14.3 Å². The number of nitrogens with one attached hydrogen (secondary N) is 1. The van der Waals surface area contributed by atoms with E-state index in [1.807, 2.05) is 0 Å². The van der Waals surface area contributed by atoms with E-state index in [2.05, 4.69) is 55.6 Å².